The number of hydrogen-bond donors (Lipinski definition) is 2. The van der Waals surface area contributed by atoms with Crippen molar-refractivity contribution in [2.75, 3.05) is 32.8 Å². The fourth-order valence-electron chi connectivity index (χ4n) is 2.72. The predicted molar refractivity (Wildman–Crippen MR) is 74.6 cm³/mol. The molecule has 0 radical (unpaired) electrons. The molecule has 1 atom stereocenters. The van der Waals surface area contributed by atoms with Gasteiger partial charge in [-0.2, -0.15) is 0 Å². The molecule has 0 aromatic heterocycles. The van der Waals surface area contributed by atoms with Crippen molar-refractivity contribution in [3.8, 4) is 0 Å². The molecule has 6 nitrogen and oxygen atoms in total. The maximum absolute atomic E-state index is 12.0. The summed E-state index contributed by atoms with van der Waals surface area (Å²) in [5.74, 6) is 0. The zero-order valence-corrected chi connectivity index (χ0v) is 12.6. The first kappa shape index (κ1) is 15.5. The van der Waals surface area contributed by atoms with E-state index in [1.54, 1.807) is 4.90 Å². The lowest BCUT2D eigenvalue weighted by Crippen LogP contribution is -2.59. The normalized spacial score (nSPS) is 26.6. The number of rotatable bonds is 1. The summed E-state index contributed by atoms with van der Waals surface area (Å²) in [4.78, 5) is 13.8. The van der Waals surface area contributed by atoms with Gasteiger partial charge in [0.15, 0.2) is 0 Å². The Morgan fingerprint density at radius 2 is 2.10 bits per heavy atom. The number of carbonyl (C=O) groups is 1. The zero-order valence-electron chi connectivity index (χ0n) is 12.6. The van der Waals surface area contributed by atoms with Crippen LogP contribution in [0.1, 0.15) is 33.6 Å². The average Bonchev–Trinajstić information content (AvgIpc) is 2.37. The SMILES string of the molecule is CC(C)(C)OC(=O)N1CCC2(CC1)CNC[C@@H](CO)O2. The topological polar surface area (TPSA) is 71.0 Å². The minimum absolute atomic E-state index is 0.0323. The Bertz CT molecular complexity index is 346. The second-order valence-corrected chi connectivity index (χ2v) is 6.70. The van der Waals surface area contributed by atoms with Gasteiger partial charge in [-0.05, 0) is 33.6 Å². The maximum atomic E-state index is 12.0. The standard InChI is InChI=1S/C14H26N2O4/c1-13(2,3)20-12(18)16-6-4-14(5-7-16)10-15-8-11(9-17)19-14/h11,15,17H,4-10H2,1-3H3/t11-/m0/s1. The Balaban J connectivity index is 1.87. The van der Waals surface area contributed by atoms with Crippen LogP contribution >= 0.6 is 0 Å². The highest BCUT2D eigenvalue weighted by molar-refractivity contribution is 5.68. The van der Waals surface area contributed by atoms with Gasteiger partial charge in [-0.1, -0.05) is 0 Å². The van der Waals surface area contributed by atoms with Crippen molar-refractivity contribution in [1.82, 2.24) is 10.2 Å². The van der Waals surface area contributed by atoms with Crippen molar-refractivity contribution in [2.24, 2.45) is 0 Å². The highest BCUT2D eigenvalue weighted by Crippen LogP contribution is 2.30. The number of carbonyl (C=O) groups excluding carboxylic acids is 1. The van der Waals surface area contributed by atoms with Crippen LogP contribution in [0.5, 0.6) is 0 Å². The molecule has 2 N–H and O–H groups in total. The minimum atomic E-state index is -0.461. The Hall–Kier alpha value is -0.850. The van der Waals surface area contributed by atoms with E-state index in [9.17, 15) is 9.90 Å². The van der Waals surface area contributed by atoms with Crippen molar-refractivity contribution >= 4 is 6.09 Å². The summed E-state index contributed by atoms with van der Waals surface area (Å²) in [7, 11) is 0. The molecule has 2 rings (SSSR count). The van der Waals surface area contributed by atoms with Crippen molar-refractivity contribution in [3.05, 3.63) is 0 Å². The molecule has 0 aromatic rings. The summed E-state index contributed by atoms with van der Waals surface area (Å²) >= 11 is 0. The summed E-state index contributed by atoms with van der Waals surface area (Å²) in [6, 6.07) is 0. The number of aliphatic hydroxyl groups excluding tert-OH is 1. The van der Waals surface area contributed by atoms with Crippen molar-refractivity contribution in [3.63, 3.8) is 0 Å². The molecule has 6 heteroatoms. The second-order valence-electron chi connectivity index (χ2n) is 6.70. The van der Waals surface area contributed by atoms with Gasteiger partial charge in [0.05, 0.1) is 18.3 Å². The molecule has 0 aromatic carbocycles. The van der Waals surface area contributed by atoms with Gasteiger partial charge in [0.1, 0.15) is 5.60 Å². The largest absolute Gasteiger partial charge is 0.444 e. The Morgan fingerprint density at radius 3 is 2.65 bits per heavy atom. The molecule has 116 valence electrons. The lowest BCUT2D eigenvalue weighted by molar-refractivity contribution is -0.151. The van der Waals surface area contributed by atoms with Crippen LogP contribution in [0.3, 0.4) is 0 Å². The second kappa shape index (κ2) is 5.87. The van der Waals surface area contributed by atoms with Gasteiger partial charge in [0.25, 0.3) is 0 Å². The van der Waals surface area contributed by atoms with Crippen molar-refractivity contribution in [2.45, 2.75) is 50.9 Å². The predicted octanol–water partition coefficient (Wildman–Crippen LogP) is 0.737. The number of ether oxygens (including phenoxy) is 2. The number of piperidine rings is 1. The Labute approximate surface area is 120 Å². The third kappa shape index (κ3) is 3.84. The first-order valence-electron chi connectivity index (χ1n) is 7.31. The van der Waals surface area contributed by atoms with Gasteiger partial charge in [0.2, 0.25) is 0 Å². The molecular formula is C14H26N2O4. The smallest absolute Gasteiger partial charge is 0.410 e. The van der Waals surface area contributed by atoms with Gasteiger partial charge in [0, 0.05) is 26.2 Å². The molecule has 2 aliphatic rings. The van der Waals surface area contributed by atoms with Crippen LogP contribution < -0.4 is 5.32 Å². The number of aliphatic hydroxyl groups is 1. The molecule has 2 fully saturated rings. The fourth-order valence-corrected chi connectivity index (χ4v) is 2.72. The van der Waals surface area contributed by atoms with Gasteiger partial charge < -0.3 is 24.8 Å². The summed E-state index contributed by atoms with van der Waals surface area (Å²) in [6.07, 6.45) is 1.15. The summed E-state index contributed by atoms with van der Waals surface area (Å²) in [5, 5.41) is 12.5. The van der Waals surface area contributed by atoms with Crippen molar-refractivity contribution in [1.29, 1.82) is 0 Å². The van der Waals surface area contributed by atoms with Crippen LogP contribution in [-0.2, 0) is 9.47 Å². The average molecular weight is 286 g/mol. The summed E-state index contributed by atoms with van der Waals surface area (Å²) in [6.45, 7) is 8.39. The van der Waals surface area contributed by atoms with E-state index >= 15 is 0 Å². The van der Waals surface area contributed by atoms with E-state index in [-0.39, 0.29) is 24.4 Å². The van der Waals surface area contributed by atoms with Crippen LogP contribution in [0, 0.1) is 0 Å². The van der Waals surface area contributed by atoms with E-state index in [0.717, 1.165) is 19.4 Å². The molecular weight excluding hydrogens is 260 g/mol. The number of likely N-dealkylation sites (tertiary alicyclic amines) is 1. The third-order valence-electron chi connectivity index (χ3n) is 3.77. The van der Waals surface area contributed by atoms with Crippen LogP contribution in [0.15, 0.2) is 0 Å². The quantitative estimate of drug-likeness (QED) is 0.744. The molecule has 0 aliphatic carbocycles. The van der Waals surface area contributed by atoms with Gasteiger partial charge in [-0.3, -0.25) is 0 Å². The first-order chi connectivity index (χ1) is 9.34. The van der Waals surface area contributed by atoms with E-state index in [0.29, 0.717) is 19.6 Å². The monoisotopic (exact) mass is 286 g/mol. The van der Waals surface area contributed by atoms with Gasteiger partial charge in [-0.15, -0.1) is 0 Å². The molecule has 1 amide bonds. The lowest BCUT2D eigenvalue weighted by atomic mass is 9.89. The molecule has 20 heavy (non-hydrogen) atoms. The third-order valence-corrected chi connectivity index (χ3v) is 3.77. The van der Waals surface area contributed by atoms with Gasteiger partial charge >= 0.3 is 6.09 Å². The highest BCUT2D eigenvalue weighted by atomic mass is 16.6. The lowest BCUT2D eigenvalue weighted by Gasteiger charge is -2.46. The van der Waals surface area contributed by atoms with Crippen LogP contribution in [0.4, 0.5) is 4.79 Å². The summed E-state index contributed by atoms with van der Waals surface area (Å²) in [5.41, 5.74) is -0.707. The van der Waals surface area contributed by atoms with E-state index in [1.165, 1.54) is 0 Å². The summed E-state index contributed by atoms with van der Waals surface area (Å²) < 4.78 is 11.4. The number of nitrogens with zero attached hydrogens (tertiary/aromatic N) is 1. The first-order valence-corrected chi connectivity index (χ1v) is 7.31. The van der Waals surface area contributed by atoms with E-state index < -0.39 is 5.60 Å². The number of nitrogens with one attached hydrogen (secondary N) is 1. The molecule has 2 aliphatic heterocycles. The van der Waals surface area contributed by atoms with Crippen LogP contribution in [-0.4, -0.2) is 66.2 Å². The molecule has 0 saturated carbocycles. The van der Waals surface area contributed by atoms with E-state index in [2.05, 4.69) is 5.32 Å². The molecule has 0 bridgehead atoms. The molecule has 2 heterocycles. The Kier molecular flexibility index (Phi) is 4.56. The van der Waals surface area contributed by atoms with Crippen molar-refractivity contribution < 1.29 is 19.4 Å². The number of amides is 1. The minimum Gasteiger partial charge on any atom is -0.444 e. The molecule has 0 unspecified atom stereocenters. The molecule has 1 spiro atoms. The van der Waals surface area contributed by atoms with Crippen LogP contribution in [0.25, 0.3) is 0 Å². The molecule has 2 saturated heterocycles. The number of hydrogen-bond acceptors (Lipinski definition) is 5. The zero-order chi connectivity index (χ0) is 14.8. The maximum Gasteiger partial charge on any atom is 0.410 e. The number of morpholine rings is 1. The fraction of sp³-hybridized carbons (Fsp3) is 0.929. The highest BCUT2D eigenvalue weighted by Gasteiger charge is 2.41. The Morgan fingerprint density at radius 1 is 1.45 bits per heavy atom. The van der Waals surface area contributed by atoms with Crippen LogP contribution in [0.2, 0.25) is 0 Å². The van der Waals surface area contributed by atoms with Gasteiger partial charge in [-0.25, -0.2) is 4.79 Å². The van der Waals surface area contributed by atoms with E-state index in [1.807, 2.05) is 20.8 Å². The van der Waals surface area contributed by atoms with E-state index in [4.69, 9.17) is 9.47 Å².